The highest BCUT2D eigenvalue weighted by atomic mass is 32.2. The minimum absolute atomic E-state index is 0.0653. The predicted molar refractivity (Wildman–Crippen MR) is 221 cm³/mol. The molecule has 13 nitrogen and oxygen atoms in total. The first-order chi connectivity index (χ1) is 28.0. The molecule has 3 N–H and O–H groups in total. The van der Waals surface area contributed by atoms with Gasteiger partial charge in [0.2, 0.25) is 15.9 Å². The number of rotatable bonds is 14. The largest absolute Gasteiger partial charge is 0.392 e. The molecule has 0 bridgehead atoms. The zero-order valence-electron chi connectivity index (χ0n) is 32.1. The number of hydrogen-bond donors (Lipinski definition) is 3. The molecule has 2 saturated heterocycles. The Bertz CT molecular complexity index is 2270. The number of sulfonamides is 1. The molecule has 0 spiro atoms. The van der Waals surface area contributed by atoms with Crippen LogP contribution >= 0.6 is 0 Å². The van der Waals surface area contributed by atoms with E-state index in [0.717, 1.165) is 54.1 Å². The van der Waals surface area contributed by atoms with E-state index >= 15 is 0 Å². The summed E-state index contributed by atoms with van der Waals surface area (Å²) in [7, 11) is -4.03. The number of piperazine rings is 1. The van der Waals surface area contributed by atoms with Gasteiger partial charge in [-0.25, -0.2) is 8.42 Å². The van der Waals surface area contributed by atoms with Crippen molar-refractivity contribution in [2.45, 2.75) is 55.8 Å². The lowest BCUT2D eigenvalue weighted by molar-refractivity contribution is -0.384. The highest BCUT2D eigenvalue weighted by Crippen LogP contribution is 2.39. The van der Waals surface area contributed by atoms with Gasteiger partial charge in [0.1, 0.15) is 6.04 Å². The number of aryl methyl sites for hydroxylation is 1. The summed E-state index contributed by atoms with van der Waals surface area (Å²) in [6.45, 7) is 5.52. The average Bonchev–Trinajstić information content (AvgIpc) is 3.24. The van der Waals surface area contributed by atoms with Crippen molar-refractivity contribution in [3.63, 3.8) is 0 Å². The van der Waals surface area contributed by atoms with Crippen LogP contribution in [0.15, 0.2) is 132 Å². The maximum absolute atomic E-state index is 13.9. The van der Waals surface area contributed by atoms with Crippen LogP contribution in [-0.2, 0) is 37.3 Å². The number of hydrogen-bond acceptors (Lipinski definition) is 10. The number of ether oxygens (including phenoxy) is 2. The summed E-state index contributed by atoms with van der Waals surface area (Å²) < 4.78 is 42.8. The molecular weight excluding hydrogens is 759 g/mol. The van der Waals surface area contributed by atoms with E-state index in [1.54, 1.807) is 42.5 Å². The normalized spacial score (nSPS) is 19.3. The van der Waals surface area contributed by atoms with Crippen molar-refractivity contribution in [2.24, 2.45) is 0 Å². The van der Waals surface area contributed by atoms with Crippen molar-refractivity contribution in [3.8, 4) is 0 Å². The zero-order chi connectivity index (χ0) is 40.6. The maximum atomic E-state index is 13.9. The van der Waals surface area contributed by atoms with E-state index in [1.165, 1.54) is 24.3 Å². The van der Waals surface area contributed by atoms with Gasteiger partial charge in [0, 0.05) is 68.2 Å². The number of anilines is 2. The molecule has 2 fully saturated rings. The van der Waals surface area contributed by atoms with Crippen molar-refractivity contribution < 1.29 is 32.7 Å². The van der Waals surface area contributed by atoms with Gasteiger partial charge in [-0.1, -0.05) is 84.4 Å². The van der Waals surface area contributed by atoms with Crippen LogP contribution in [-0.4, -0.2) is 74.1 Å². The topological polar surface area (TPSA) is 164 Å². The van der Waals surface area contributed by atoms with Gasteiger partial charge in [-0.15, -0.1) is 0 Å². The van der Waals surface area contributed by atoms with Crippen LogP contribution in [0.2, 0.25) is 0 Å². The number of nitrogens with zero attached hydrogens (tertiary/aromatic N) is 3. The molecule has 5 aromatic rings. The molecule has 0 aliphatic carbocycles. The van der Waals surface area contributed by atoms with E-state index in [-0.39, 0.29) is 35.8 Å². The van der Waals surface area contributed by atoms with E-state index in [4.69, 9.17) is 9.47 Å². The van der Waals surface area contributed by atoms with Crippen molar-refractivity contribution in [1.82, 2.24) is 9.62 Å². The second kappa shape index (κ2) is 18.4. The summed E-state index contributed by atoms with van der Waals surface area (Å²) in [5.74, 6) is -0.519. The van der Waals surface area contributed by atoms with E-state index < -0.39 is 33.2 Å². The quantitative estimate of drug-likeness (QED) is 0.0859. The molecule has 0 aromatic heterocycles. The Morgan fingerprint density at radius 1 is 0.845 bits per heavy atom. The highest BCUT2D eigenvalue weighted by molar-refractivity contribution is 7.89. The number of non-ortho nitro benzene ring substituents is 1. The lowest BCUT2D eigenvalue weighted by Crippen LogP contribution is -2.49. The molecule has 14 heteroatoms. The standard InChI is InChI=1S/C44H47N5O8S/c1-31-10-20-40(21-11-31)58(54,55)46-41(26-32-6-3-2-4-7-32)43(51)45-36-9-5-8-35(27-36)44-56-39(28-42(57-44)34-14-12-33(30-50)13-15-34)29-47-22-24-48(25-23-47)37-16-18-38(19-17-37)49(52)53/h2-21,27,39,41-42,44,46,50H,22-26,28-30H2,1H3,(H,45,51)/t39-,41-,42+,44+/m1/s1. The molecule has 4 atom stereocenters. The Kier molecular flexibility index (Phi) is 12.9. The van der Waals surface area contributed by atoms with E-state index in [9.17, 15) is 28.4 Å². The van der Waals surface area contributed by atoms with Gasteiger partial charge in [-0.2, -0.15) is 4.72 Å². The number of amides is 1. The van der Waals surface area contributed by atoms with E-state index in [2.05, 4.69) is 19.8 Å². The molecule has 0 radical (unpaired) electrons. The van der Waals surface area contributed by atoms with Crippen molar-refractivity contribution >= 4 is 33.0 Å². The lowest BCUT2D eigenvalue weighted by Gasteiger charge is -2.41. The van der Waals surface area contributed by atoms with Gasteiger partial charge in [0.15, 0.2) is 6.29 Å². The Morgan fingerprint density at radius 3 is 2.22 bits per heavy atom. The Hall–Kier alpha value is -5.48. The molecule has 58 heavy (non-hydrogen) atoms. The first kappa shape index (κ1) is 40.7. The number of nitro benzene ring substituents is 1. The molecule has 5 aromatic carbocycles. The number of nitrogens with one attached hydrogen (secondary N) is 2. The Morgan fingerprint density at radius 2 is 1.55 bits per heavy atom. The van der Waals surface area contributed by atoms with Gasteiger partial charge in [0.25, 0.3) is 5.69 Å². The maximum Gasteiger partial charge on any atom is 0.269 e. The molecule has 1 amide bonds. The van der Waals surface area contributed by atoms with Crippen molar-refractivity contribution in [2.75, 3.05) is 42.9 Å². The zero-order valence-corrected chi connectivity index (χ0v) is 33.0. The van der Waals surface area contributed by atoms with Gasteiger partial charge in [-0.3, -0.25) is 19.8 Å². The fourth-order valence-corrected chi connectivity index (χ4v) is 8.49. The molecule has 7 rings (SSSR count). The summed E-state index contributed by atoms with van der Waals surface area (Å²) in [4.78, 5) is 29.3. The lowest BCUT2D eigenvalue weighted by atomic mass is 9.99. The van der Waals surface area contributed by atoms with Gasteiger partial charge in [-0.05, 0) is 66.4 Å². The average molecular weight is 806 g/mol. The summed E-state index contributed by atoms with van der Waals surface area (Å²) in [6, 6.07) is 36.1. The highest BCUT2D eigenvalue weighted by Gasteiger charge is 2.34. The summed E-state index contributed by atoms with van der Waals surface area (Å²) in [5, 5.41) is 23.7. The summed E-state index contributed by atoms with van der Waals surface area (Å²) >= 11 is 0. The SMILES string of the molecule is Cc1ccc(S(=O)(=O)N[C@H](Cc2ccccc2)C(=O)Nc2cccc([C@H]3O[C@@H](CN4CCN(c5ccc([N+](=O)[O-])cc5)CC4)C[C@@H](c4ccc(CO)cc4)O3)c2)cc1. The monoisotopic (exact) mass is 805 g/mol. The predicted octanol–water partition coefficient (Wildman–Crippen LogP) is 6.29. The Balaban J connectivity index is 1.07. The van der Waals surface area contributed by atoms with Crippen LogP contribution in [0.3, 0.4) is 0 Å². The van der Waals surface area contributed by atoms with E-state index in [1.807, 2.05) is 67.6 Å². The van der Waals surface area contributed by atoms with Crippen LogP contribution in [0.4, 0.5) is 17.1 Å². The van der Waals surface area contributed by atoms with Gasteiger partial charge in [0.05, 0.1) is 28.6 Å². The number of benzene rings is 5. The molecule has 0 unspecified atom stereocenters. The van der Waals surface area contributed by atoms with Crippen LogP contribution in [0.25, 0.3) is 0 Å². The second-order valence-corrected chi connectivity index (χ2v) is 16.4. The second-order valence-electron chi connectivity index (χ2n) is 14.7. The third-order valence-corrected chi connectivity index (χ3v) is 12.0. The molecule has 2 heterocycles. The van der Waals surface area contributed by atoms with Crippen molar-refractivity contribution in [3.05, 3.63) is 165 Å². The number of aliphatic hydroxyl groups is 1. The van der Waals surface area contributed by atoms with Crippen molar-refractivity contribution in [1.29, 1.82) is 0 Å². The summed E-state index contributed by atoms with van der Waals surface area (Å²) in [6.07, 6.45) is -0.581. The molecule has 2 aliphatic rings. The van der Waals surface area contributed by atoms with Gasteiger partial charge < -0.3 is 24.8 Å². The Labute approximate surface area is 338 Å². The third-order valence-electron chi connectivity index (χ3n) is 10.5. The van der Waals surface area contributed by atoms with Crippen LogP contribution in [0.1, 0.15) is 46.6 Å². The number of aliphatic hydroxyl groups excluding tert-OH is 1. The van der Waals surface area contributed by atoms with Crippen LogP contribution < -0.4 is 14.9 Å². The molecule has 0 saturated carbocycles. The first-order valence-corrected chi connectivity index (χ1v) is 20.8. The number of carbonyl (C=O) groups is 1. The minimum atomic E-state index is -4.03. The smallest absolute Gasteiger partial charge is 0.269 e. The summed E-state index contributed by atoms with van der Waals surface area (Å²) in [5.41, 5.74) is 5.61. The molecule has 2 aliphatic heterocycles. The number of nitro groups is 1. The fraction of sp³-hybridized carbons (Fsp3) is 0.295. The first-order valence-electron chi connectivity index (χ1n) is 19.3. The molecular formula is C44H47N5O8S. The van der Waals surface area contributed by atoms with Crippen LogP contribution in [0.5, 0.6) is 0 Å². The van der Waals surface area contributed by atoms with Gasteiger partial charge >= 0.3 is 0 Å². The minimum Gasteiger partial charge on any atom is -0.392 e. The fourth-order valence-electron chi connectivity index (χ4n) is 7.30. The van der Waals surface area contributed by atoms with E-state index in [0.29, 0.717) is 24.2 Å². The van der Waals surface area contributed by atoms with Crippen LogP contribution in [0, 0.1) is 17.0 Å². The molecule has 302 valence electrons. The third kappa shape index (κ3) is 10.3. The number of carbonyl (C=O) groups excluding carboxylic acids is 1.